The second-order valence-corrected chi connectivity index (χ2v) is 3.79. The van der Waals surface area contributed by atoms with Crippen LogP contribution >= 0.6 is 0 Å². The molecular formula is C10H15N3O3. The summed E-state index contributed by atoms with van der Waals surface area (Å²) in [6, 6.07) is 0.461. The highest BCUT2D eigenvalue weighted by Gasteiger charge is 2.31. The summed E-state index contributed by atoms with van der Waals surface area (Å²) < 4.78 is 9.59. The number of carbonyl (C=O) groups excluding carboxylic acids is 1. The molecule has 0 radical (unpaired) electrons. The molecular weight excluding hydrogens is 210 g/mol. The van der Waals surface area contributed by atoms with E-state index in [0.717, 1.165) is 12.8 Å². The van der Waals surface area contributed by atoms with Crippen molar-refractivity contribution in [2.75, 3.05) is 13.2 Å². The summed E-state index contributed by atoms with van der Waals surface area (Å²) in [5.74, 6) is 0.411. The number of aromatic nitrogens is 2. The highest BCUT2D eigenvalue weighted by molar-refractivity contribution is 5.71. The highest BCUT2D eigenvalue weighted by atomic mass is 16.5. The average molecular weight is 225 g/mol. The van der Waals surface area contributed by atoms with Gasteiger partial charge in [-0.05, 0) is 19.8 Å². The minimum absolute atomic E-state index is 0.196. The Bertz CT molecular complexity index is 335. The maximum atomic E-state index is 11.4. The van der Waals surface area contributed by atoms with Gasteiger partial charge in [-0.3, -0.25) is 9.69 Å². The van der Waals surface area contributed by atoms with E-state index in [1.54, 1.807) is 6.92 Å². The molecule has 0 spiro atoms. The van der Waals surface area contributed by atoms with E-state index in [0.29, 0.717) is 31.6 Å². The van der Waals surface area contributed by atoms with E-state index in [-0.39, 0.29) is 5.97 Å². The van der Waals surface area contributed by atoms with Crippen LogP contribution in [0.2, 0.25) is 0 Å². The molecule has 1 aromatic heterocycles. The average Bonchev–Trinajstić information content (AvgIpc) is 2.98. The normalized spacial score (nSPS) is 15.4. The fraction of sp³-hybridized carbons (Fsp3) is 0.700. The van der Waals surface area contributed by atoms with E-state index < -0.39 is 0 Å². The summed E-state index contributed by atoms with van der Waals surface area (Å²) in [5.41, 5.74) is 0. The van der Waals surface area contributed by atoms with Crippen molar-refractivity contribution in [2.24, 2.45) is 0 Å². The van der Waals surface area contributed by atoms with Crippen molar-refractivity contribution in [3.05, 3.63) is 12.2 Å². The monoisotopic (exact) mass is 225 g/mol. The van der Waals surface area contributed by atoms with Gasteiger partial charge in [0, 0.05) is 6.04 Å². The molecule has 6 nitrogen and oxygen atoms in total. The Kier molecular flexibility index (Phi) is 3.51. The van der Waals surface area contributed by atoms with E-state index >= 15 is 0 Å². The van der Waals surface area contributed by atoms with E-state index in [2.05, 4.69) is 14.7 Å². The molecule has 1 heterocycles. The summed E-state index contributed by atoms with van der Waals surface area (Å²) in [6.45, 7) is 3.06. The minimum Gasteiger partial charge on any atom is -0.465 e. The Morgan fingerprint density at radius 3 is 3.06 bits per heavy atom. The quantitative estimate of drug-likeness (QED) is 0.660. The predicted octanol–water partition coefficient (Wildman–Crippen LogP) is 0.597. The van der Waals surface area contributed by atoms with Gasteiger partial charge in [0.25, 0.3) is 0 Å². The number of rotatable bonds is 6. The number of nitrogens with zero attached hydrogens (tertiary/aromatic N) is 3. The lowest BCUT2D eigenvalue weighted by Gasteiger charge is -2.18. The molecule has 0 amide bonds. The Balaban J connectivity index is 1.87. The highest BCUT2D eigenvalue weighted by Crippen LogP contribution is 2.27. The van der Waals surface area contributed by atoms with Gasteiger partial charge in [-0.25, -0.2) is 0 Å². The van der Waals surface area contributed by atoms with Crippen LogP contribution in [0.5, 0.6) is 0 Å². The molecule has 88 valence electrons. The number of ether oxygens (including phenoxy) is 1. The first-order valence-electron chi connectivity index (χ1n) is 5.44. The third kappa shape index (κ3) is 3.03. The van der Waals surface area contributed by atoms with Gasteiger partial charge in [0.05, 0.1) is 19.7 Å². The van der Waals surface area contributed by atoms with Gasteiger partial charge in [0.1, 0.15) is 0 Å². The van der Waals surface area contributed by atoms with Crippen LogP contribution in [-0.2, 0) is 16.1 Å². The van der Waals surface area contributed by atoms with Crippen LogP contribution in [0.15, 0.2) is 10.9 Å². The van der Waals surface area contributed by atoms with Gasteiger partial charge in [-0.2, -0.15) is 4.98 Å². The van der Waals surface area contributed by atoms with Gasteiger partial charge < -0.3 is 9.26 Å². The topological polar surface area (TPSA) is 68.5 Å². The third-order valence-corrected chi connectivity index (χ3v) is 2.45. The second-order valence-electron chi connectivity index (χ2n) is 3.79. The van der Waals surface area contributed by atoms with Crippen LogP contribution in [0.4, 0.5) is 0 Å². The van der Waals surface area contributed by atoms with E-state index in [9.17, 15) is 4.79 Å². The Morgan fingerprint density at radius 1 is 1.69 bits per heavy atom. The van der Waals surface area contributed by atoms with Crippen molar-refractivity contribution in [3.63, 3.8) is 0 Å². The lowest BCUT2D eigenvalue weighted by atomic mass is 10.4. The summed E-state index contributed by atoms with van der Waals surface area (Å²) in [5, 5.41) is 3.74. The number of esters is 1. The predicted molar refractivity (Wildman–Crippen MR) is 54.4 cm³/mol. The molecule has 0 aliphatic heterocycles. The largest absolute Gasteiger partial charge is 0.465 e. The standard InChI is InChI=1S/C10H15N3O3/c1-2-15-10(14)6-13(8-3-4-8)5-9-11-7-16-12-9/h7-8H,2-6H2,1H3. The molecule has 6 heteroatoms. The summed E-state index contributed by atoms with van der Waals surface area (Å²) >= 11 is 0. The van der Waals surface area contributed by atoms with Gasteiger partial charge >= 0.3 is 5.97 Å². The van der Waals surface area contributed by atoms with Crippen molar-refractivity contribution in [3.8, 4) is 0 Å². The molecule has 1 fully saturated rings. The smallest absolute Gasteiger partial charge is 0.320 e. The van der Waals surface area contributed by atoms with E-state index in [1.807, 2.05) is 4.90 Å². The lowest BCUT2D eigenvalue weighted by Crippen LogP contribution is -2.32. The van der Waals surface area contributed by atoms with Crippen LogP contribution in [0.1, 0.15) is 25.6 Å². The van der Waals surface area contributed by atoms with E-state index in [1.165, 1.54) is 6.39 Å². The zero-order valence-corrected chi connectivity index (χ0v) is 9.26. The molecule has 0 N–H and O–H groups in total. The zero-order chi connectivity index (χ0) is 11.4. The first-order chi connectivity index (χ1) is 7.79. The number of hydrogen-bond acceptors (Lipinski definition) is 6. The van der Waals surface area contributed by atoms with Crippen LogP contribution in [-0.4, -0.2) is 40.2 Å². The Hall–Kier alpha value is -1.43. The van der Waals surface area contributed by atoms with Crippen molar-refractivity contribution < 1.29 is 14.1 Å². The third-order valence-electron chi connectivity index (χ3n) is 2.45. The van der Waals surface area contributed by atoms with Crippen LogP contribution in [0.3, 0.4) is 0 Å². The summed E-state index contributed by atoms with van der Waals surface area (Å²) in [4.78, 5) is 17.4. The maximum Gasteiger partial charge on any atom is 0.320 e. The fourth-order valence-corrected chi connectivity index (χ4v) is 1.57. The van der Waals surface area contributed by atoms with Crippen molar-refractivity contribution >= 4 is 5.97 Å². The Morgan fingerprint density at radius 2 is 2.50 bits per heavy atom. The van der Waals surface area contributed by atoms with Crippen molar-refractivity contribution in [1.29, 1.82) is 0 Å². The fourth-order valence-electron chi connectivity index (χ4n) is 1.57. The van der Waals surface area contributed by atoms with Gasteiger partial charge in [0.15, 0.2) is 5.82 Å². The van der Waals surface area contributed by atoms with Crippen molar-refractivity contribution in [2.45, 2.75) is 32.4 Å². The van der Waals surface area contributed by atoms with E-state index in [4.69, 9.17) is 4.74 Å². The molecule has 0 atom stereocenters. The van der Waals surface area contributed by atoms with Gasteiger partial charge in [-0.1, -0.05) is 5.16 Å². The molecule has 16 heavy (non-hydrogen) atoms. The summed E-state index contributed by atoms with van der Waals surface area (Å²) in [7, 11) is 0. The zero-order valence-electron chi connectivity index (χ0n) is 9.26. The molecule has 1 saturated carbocycles. The molecule has 0 saturated heterocycles. The molecule has 0 bridgehead atoms. The first kappa shape index (κ1) is 11.1. The van der Waals surface area contributed by atoms with Crippen LogP contribution in [0.25, 0.3) is 0 Å². The molecule has 1 aliphatic carbocycles. The summed E-state index contributed by atoms with van der Waals surface area (Å²) in [6.07, 6.45) is 3.54. The SMILES string of the molecule is CCOC(=O)CN(Cc1ncon1)C1CC1. The van der Waals surface area contributed by atoms with Gasteiger partial charge in [-0.15, -0.1) is 0 Å². The van der Waals surface area contributed by atoms with Gasteiger partial charge in [0.2, 0.25) is 6.39 Å². The molecule has 1 aromatic rings. The Labute approximate surface area is 93.6 Å². The molecule has 1 aliphatic rings. The number of hydrogen-bond donors (Lipinski definition) is 0. The second kappa shape index (κ2) is 5.07. The molecule has 0 aromatic carbocycles. The van der Waals surface area contributed by atoms with Crippen LogP contribution in [0, 0.1) is 0 Å². The minimum atomic E-state index is -0.196. The van der Waals surface area contributed by atoms with Crippen LogP contribution < -0.4 is 0 Å². The van der Waals surface area contributed by atoms with Crippen molar-refractivity contribution in [1.82, 2.24) is 15.0 Å². The lowest BCUT2D eigenvalue weighted by molar-refractivity contribution is -0.144. The molecule has 2 rings (SSSR count). The molecule has 0 unspecified atom stereocenters. The number of carbonyl (C=O) groups is 1. The maximum absolute atomic E-state index is 11.4. The first-order valence-corrected chi connectivity index (χ1v) is 5.44.